The summed E-state index contributed by atoms with van der Waals surface area (Å²) in [7, 11) is 0. The average molecular weight is 278 g/mol. The number of carbonyl (C=O) groups excluding carboxylic acids is 3. The molecule has 0 saturated heterocycles. The topological polar surface area (TPSA) is 98.9 Å². The average Bonchev–Trinajstić information content (AvgIpc) is 2.40. The van der Waals surface area contributed by atoms with E-state index in [1.54, 1.807) is 6.92 Å². The van der Waals surface area contributed by atoms with Crippen molar-refractivity contribution in [1.82, 2.24) is 0 Å². The maximum absolute atomic E-state index is 10.2. The number of rotatable bonds is 3. The first kappa shape index (κ1) is 22.8. The van der Waals surface area contributed by atoms with Crippen molar-refractivity contribution in [2.75, 3.05) is 0 Å². The Bertz CT molecular complexity index is 379. The molecule has 1 aromatic rings. The number of aryl methyl sites for hydroxylation is 1. The minimum atomic E-state index is 0.307. The molecular formula is C15H22N2O3. The molecule has 0 radical (unpaired) electrons. The highest BCUT2D eigenvalue weighted by Gasteiger charge is 1.87. The standard InChI is InChI=1S/C7H8.C6H12O.2CHNO/c1-7-5-3-2-4-6-7;1-3-4-5-6(2)7;2*2-1-3/h2-6H,1H3;3-5H2,1-2H3;2*2H. The summed E-state index contributed by atoms with van der Waals surface area (Å²) in [6, 6.07) is 10.3. The van der Waals surface area contributed by atoms with Crippen molar-refractivity contribution in [3.63, 3.8) is 0 Å². The van der Waals surface area contributed by atoms with Gasteiger partial charge in [-0.25, -0.2) is 20.4 Å². The van der Waals surface area contributed by atoms with Crippen molar-refractivity contribution >= 4 is 17.9 Å². The zero-order valence-corrected chi connectivity index (χ0v) is 12.2. The summed E-state index contributed by atoms with van der Waals surface area (Å²) in [5, 5.41) is 10.8. The van der Waals surface area contributed by atoms with Gasteiger partial charge in [0.25, 0.3) is 0 Å². The zero-order valence-electron chi connectivity index (χ0n) is 12.2. The molecule has 0 aromatic heterocycles. The van der Waals surface area contributed by atoms with E-state index in [-0.39, 0.29) is 0 Å². The van der Waals surface area contributed by atoms with E-state index in [4.69, 9.17) is 20.4 Å². The predicted molar refractivity (Wildman–Crippen MR) is 78.2 cm³/mol. The highest BCUT2D eigenvalue weighted by atomic mass is 16.1. The number of ketones is 1. The van der Waals surface area contributed by atoms with Gasteiger partial charge in [-0.15, -0.1) is 0 Å². The summed E-state index contributed by atoms with van der Waals surface area (Å²) in [6.45, 7) is 5.80. The van der Waals surface area contributed by atoms with Crippen LogP contribution in [0.2, 0.25) is 0 Å². The van der Waals surface area contributed by atoms with E-state index in [2.05, 4.69) is 26.0 Å². The van der Waals surface area contributed by atoms with Crippen molar-refractivity contribution in [2.24, 2.45) is 0 Å². The molecule has 2 N–H and O–H groups in total. The Morgan fingerprint density at radius 1 is 1.10 bits per heavy atom. The summed E-state index contributed by atoms with van der Waals surface area (Å²) < 4.78 is 0. The van der Waals surface area contributed by atoms with E-state index < -0.39 is 0 Å². The summed E-state index contributed by atoms with van der Waals surface area (Å²) >= 11 is 0. The predicted octanol–water partition coefficient (Wildman–Crippen LogP) is 3.56. The molecular weight excluding hydrogens is 256 g/mol. The summed E-state index contributed by atoms with van der Waals surface area (Å²) in [5.74, 6) is 0.307. The van der Waals surface area contributed by atoms with E-state index >= 15 is 0 Å². The van der Waals surface area contributed by atoms with Gasteiger partial charge in [0.2, 0.25) is 12.2 Å². The van der Waals surface area contributed by atoms with Gasteiger partial charge in [-0.05, 0) is 20.3 Å². The first-order chi connectivity index (χ1) is 9.49. The molecule has 20 heavy (non-hydrogen) atoms. The third kappa shape index (κ3) is 36.1. The number of nitrogens with one attached hydrogen (secondary N) is 2. The van der Waals surface area contributed by atoms with Crippen LogP contribution in [0.15, 0.2) is 30.3 Å². The Labute approximate surface area is 120 Å². The molecule has 0 bridgehead atoms. The molecule has 5 heteroatoms. The molecule has 0 spiro atoms. The van der Waals surface area contributed by atoms with Crippen molar-refractivity contribution in [3.8, 4) is 0 Å². The SMILES string of the molecule is CCCCC(C)=O.Cc1ccccc1.N=C=O.N=C=O. The Kier molecular flexibility index (Phi) is 24.9. The smallest absolute Gasteiger partial charge is 0.231 e. The van der Waals surface area contributed by atoms with Gasteiger partial charge in [-0.2, -0.15) is 0 Å². The molecule has 0 aliphatic carbocycles. The lowest BCUT2D eigenvalue weighted by Gasteiger charge is -1.86. The van der Waals surface area contributed by atoms with E-state index in [9.17, 15) is 4.79 Å². The van der Waals surface area contributed by atoms with Gasteiger partial charge in [-0.1, -0.05) is 49.2 Å². The number of unbranched alkanes of at least 4 members (excludes halogenated alkanes) is 1. The number of benzene rings is 1. The molecule has 0 aliphatic rings. The molecule has 0 aliphatic heterocycles. The molecule has 110 valence electrons. The van der Waals surface area contributed by atoms with Gasteiger partial charge in [0.1, 0.15) is 5.78 Å². The van der Waals surface area contributed by atoms with Crippen LogP contribution in [0.3, 0.4) is 0 Å². The third-order valence-corrected chi connectivity index (χ3v) is 1.82. The first-order valence-electron chi connectivity index (χ1n) is 6.08. The van der Waals surface area contributed by atoms with Crippen LogP contribution in [0.5, 0.6) is 0 Å². The fraction of sp³-hybridized carbons (Fsp3) is 0.400. The second-order valence-corrected chi connectivity index (χ2v) is 3.66. The minimum absolute atomic E-state index is 0.307. The fourth-order valence-electron chi connectivity index (χ4n) is 0.960. The Balaban J connectivity index is -0.000000210. The van der Waals surface area contributed by atoms with E-state index in [0.29, 0.717) is 5.78 Å². The second-order valence-electron chi connectivity index (χ2n) is 3.66. The van der Waals surface area contributed by atoms with Gasteiger partial charge in [0, 0.05) is 6.42 Å². The lowest BCUT2D eigenvalue weighted by molar-refractivity contribution is -0.117. The molecule has 0 saturated carbocycles. The highest BCUT2D eigenvalue weighted by Crippen LogP contribution is 1.93. The molecule has 0 fully saturated rings. The molecule has 0 amide bonds. The monoisotopic (exact) mass is 278 g/mol. The van der Waals surface area contributed by atoms with E-state index in [1.165, 1.54) is 5.56 Å². The van der Waals surface area contributed by atoms with Crippen LogP contribution < -0.4 is 0 Å². The molecule has 1 rings (SSSR count). The number of Topliss-reactive ketones (excluding diaryl/α,β-unsaturated/α-hetero) is 1. The summed E-state index contributed by atoms with van der Waals surface area (Å²) in [6.07, 6.45) is 4.44. The second kappa shape index (κ2) is 21.9. The molecule has 0 heterocycles. The fourth-order valence-corrected chi connectivity index (χ4v) is 0.960. The molecule has 1 aromatic carbocycles. The number of hydrogen-bond acceptors (Lipinski definition) is 5. The Hall–Kier alpha value is -2.35. The van der Waals surface area contributed by atoms with E-state index in [0.717, 1.165) is 31.4 Å². The Morgan fingerprint density at radius 3 is 1.65 bits per heavy atom. The van der Waals surface area contributed by atoms with Gasteiger partial charge in [0.05, 0.1) is 0 Å². The normalized spacial score (nSPS) is 6.95. The lowest BCUT2D eigenvalue weighted by atomic mass is 10.2. The van der Waals surface area contributed by atoms with Gasteiger partial charge >= 0.3 is 0 Å². The van der Waals surface area contributed by atoms with Crippen molar-refractivity contribution in [2.45, 2.75) is 40.0 Å². The Morgan fingerprint density at radius 2 is 1.50 bits per heavy atom. The molecule has 0 unspecified atom stereocenters. The van der Waals surface area contributed by atoms with Gasteiger partial charge < -0.3 is 4.79 Å². The summed E-state index contributed by atoms with van der Waals surface area (Å²) in [4.78, 5) is 26.9. The van der Waals surface area contributed by atoms with Crippen LogP contribution in [0, 0.1) is 17.7 Å². The maximum Gasteiger partial charge on any atom is 0.231 e. The van der Waals surface area contributed by atoms with Gasteiger partial charge in [-0.3, -0.25) is 0 Å². The number of isocyanates is 2. The van der Waals surface area contributed by atoms with Crippen molar-refractivity contribution < 1.29 is 14.4 Å². The van der Waals surface area contributed by atoms with Gasteiger partial charge in [0.15, 0.2) is 0 Å². The van der Waals surface area contributed by atoms with E-state index in [1.807, 2.05) is 18.2 Å². The number of carbonyl (C=O) groups is 1. The van der Waals surface area contributed by atoms with Crippen molar-refractivity contribution in [3.05, 3.63) is 35.9 Å². The summed E-state index contributed by atoms with van der Waals surface area (Å²) in [5.41, 5.74) is 1.32. The third-order valence-electron chi connectivity index (χ3n) is 1.82. The van der Waals surface area contributed by atoms with Crippen LogP contribution >= 0.6 is 0 Å². The largest absolute Gasteiger partial charge is 0.300 e. The minimum Gasteiger partial charge on any atom is -0.300 e. The van der Waals surface area contributed by atoms with Crippen LogP contribution in [0.1, 0.15) is 38.7 Å². The highest BCUT2D eigenvalue weighted by molar-refractivity contribution is 5.75. The van der Waals surface area contributed by atoms with Crippen molar-refractivity contribution in [1.29, 1.82) is 10.8 Å². The van der Waals surface area contributed by atoms with Crippen LogP contribution in [0.25, 0.3) is 0 Å². The lowest BCUT2D eigenvalue weighted by Crippen LogP contribution is -1.86. The molecule has 5 nitrogen and oxygen atoms in total. The zero-order chi connectivity index (χ0) is 16.2. The maximum atomic E-state index is 10.2. The van der Waals surface area contributed by atoms with Crippen LogP contribution in [-0.2, 0) is 14.4 Å². The number of hydrogen-bond donors (Lipinski definition) is 2. The van der Waals surface area contributed by atoms with Crippen LogP contribution in [0.4, 0.5) is 0 Å². The van der Waals surface area contributed by atoms with Crippen LogP contribution in [-0.4, -0.2) is 17.9 Å². The quantitative estimate of drug-likeness (QED) is 0.653. The molecule has 0 atom stereocenters. The first-order valence-corrected chi connectivity index (χ1v) is 6.08.